The van der Waals surface area contributed by atoms with E-state index in [0.717, 1.165) is 6.54 Å². The first-order chi connectivity index (χ1) is 8.84. The van der Waals surface area contributed by atoms with E-state index in [0.29, 0.717) is 6.04 Å². The fourth-order valence-electron chi connectivity index (χ4n) is 3.18. The summed E-state index contributed by atoms with van der Waals surface area (Å²) in [5.41, 5.74) is 2.71. The van der Waals surface area contributed by atoms with Crippen LogP contribution in [0.5, 0.6) is 0 Å². The van der Waals surface area contributed by atoms with Crippen molar-refractivity contribution in [2.45, 2.75) is 45.1 Å². The Bertz CT molecular complexity index is 404. The maximum absolute atomic E-state index is 4.72. The average Bonchev–Trinajstić information content (AvgIpc) is 2.93. The van der Waals surface area contributed by atoms with Crippen molar-refractivity contribution in [3.8, 4) is 0 Å². The maximum atomic E-state index is 4.72. The molecule has 98 valence electrons. The molecule has 3 nitrogen and oxygen atoms in total. The SMILES string of the molecule is Cc1cc([C@@H]2CCCCN2)cnc1N1CCCC1. The van der Waals surface area contributed by atoms with Crippen LogP contribution in [0, 0.1) is 6.92 Å². The van der Waals surface area contributed by atoms with Gasteiger partial charge >= 0.3 is 0 Å². The zero-order chi connectivity index (χ0) is 12.4. The van der Waals surface area contributed by atoms with E-state index in [1.165, 1.54) is 62.1 Å². The van der Waals surface area contributed by atoms with Crippen LogP contribution in [-0.4, -0.2) is 24.6 Å². The molecule has 18 heavy (non-hydrogen) atoms. The number of hydrogen-bond donors (Lipinski definition) is 1. The van der Waals surface area contributed by atoms with Gasteiger partial charge in [0.15, 0.2) is 0 Å². The average molecular weight is 245 g/mol. The van der Waals surface area contributed by atoms with Gasteiger partial charge in [0, 0.05) is 25.3 Å². The molecule has 1 aromatic rings. The van der Waals surface area contributed by atoms with E-state index in [2.05, 4.69) is 29.4 Å². The van der Waals surface area contributed by atoms with E-state index < -0.39 is 0 Å². The first-order valence-electron chi connectivity index (χ1n) is 7.29. The Balaban J connectivity index is 1.79. The summed E-state index contributed by atoms with van der Waals surface area (Å²) in [7, 11) is 0. The summed E-state index contributed by atoms with van der Waals surface area (Å²) in [5.74, 6) is 1.20. The highest BCUT2D eigenvalue weighted by molar-refractivity contribution is 5.48. The van der Waals surface area contributed by atoms with Gasteiger partial charge in [0.25, 0.3) is 0 Å². The van der Waals surface area contributed by atoms with Crippen molar-refractivity contribution in [1.29, 1.82) is 0 Å². The molecular formula is C15H23N3. The molecule has 2 aliphatic heterocycles. The Labute approximate surface area is 110 Å². The number of hydrogen-bond acceptors (Lipinski definition) is 3. The summed E-state index contributed by atoms with van der Waals surface area (Å²) in [5, 5.41) is 3.60. The van der Waals surface area contributed by atoms with Crippen molar-refractivity contribution < 1.29 is 0 Å². The summed E-state index contributed by atoms with van der Waals surface area (Å²) in [4.78, 5) is 7.15. The molecule has 0 bridgehead atoms. The lowest BCUT2D eigenvalue weighted by Crippen LogP contribution is -2.27. The standard InChI is InChI=1S/C15H23N3/c1-12-10-13(14-6-2-3-7-16-14)11-17-15(12)18-8-4-5-9-18/h10-11,14,16H,2-9H2,1H3/t14-/m0/s1. The second-order valence-corrected chi connectivity index (χ2v) is 5.61. The van der Waals surface area contributed by atoms with E-state index in [4.69, 9.17) is 4.98 Å². The Morgan fingerprint density at radius 3 is 2.72 bits per heavy atom. The van der Waals surface area contributed by atoms with Gasteiger partial charge in [0.05, 0.1) is 0 Å². The van der Waals surface area contributed by atoms with E-state index in [9.17, 15) is 0 Å². The number of nitrogens with one attached hydrogen (secondary N) is 1. The van der Waals surface area contributed by atoms with Crippen molar-refractivity contribution in [3.05, 3.63) is 23.4 Å². The van der Waals surface area contributed by atoms with Gasteiger partial charge in [-0.3, -0.25) is 0 Å². The van der Waals surface area contributed by atoms with Crippen LogP contribution in [0.3, 0.4) is 0 Å². The van der Waals surface area contributed by atoms with Crippen LogP contribution in [0.15, 0.2) is 12.3 Å². The number of pyridine rings is 1. The quantitative estimate of drug-likeness (QED) is 0.868. The van der Waals surface area contributed by atoms with E-state index >= 15 is 0 Å². The molecule has 2 saturated heterocycles. The molecule has 0 aromatic carbocycles. The number of aromatic nitrogens is 1. The molecule has 0 radical (unpaired) electrons. The molecule has 1 aromatic heterocycles. The van der Waals surface area contributed by atoms with E-state index in [1.807, 2.05) is 0 Å². The Hall–Kier alpha value is -1.09. The largest absolute Gasteiger partial charge is 0.356 e. The minimum absolute atomic E-state index is 0.526. The third kappa shape index (κ3) is 2.37. The number of rotatable bonds is 2. The fourth-order valence-corrected chi connectivity index (χ4v) is 3.18. The van der Waals surface area contributed by atoms with Crippen molar-refractivity contribution in [2.75, 3.05) is 24.5 Å². The Morgan fingerprint density at radius 2 is 2.06 bits per heavy atom. The van der Waals surface area contributed by atoms with Crippen molar-refractivity contribution in [3.63, 3.8) is 0 Å². The van der Waals surface area contributed by atoms with Crippen molar-refractivity contribution in [2.24, 2.45) is 0 Å². The molecule has 1 atom stereocenters. The van der Waals surface area contributed by atoms with Gasteiger partial charge in [0.2, 0.25) is 0 Å². The van der Waals surface area contributed by atoms with Crippen LogP contribution in [0.25, 0.3) is 0 Å². The third-order valence-electron chi connectivity index (χ3n) is 4.19. The van der Waals surface area contributed by atoms with Gasteiger partial charge in [-0.05, 0) is 56.3 Å². The zero-order valence-corrected chi connectivity index (χ0v) is 11.3. The predicted octanol–water partition coefficient (Wildman–Crippen LogP) is 2.80. The summed E-state index contributed by atoms with van der Waals surface area (Å²) in [6.07, 6.45) is 8.62. The topological polar surface area (TPSA) is 28.2 Å². The molecule has 2 fully saturated rings. The number of nitrogens with zero attached hydrogens (tertiary/aromatic N) is 2. The van der Waals surface area contributed by atoms with Crippen molar-refractivity contribution >= 4 is 5.82 Å². The number of piperidine rings is 1. The minimum atomic E-state index is 0.526. The van der Waals surface area contributed by atoms with Gasteiger partial charge in [-0.25, -0.2) is 4.98 Å². The smallest absolute Gasteiger partial charge is 0.131 e. The molecule has 0 unspecified atom stereocenters. The molecule has 3 heterocycles. The van der Waals surface area contributed by atoms with Crippen LogP contribution in [0.2, 0.25) is 0 Å². The Morgan fingerprint density at radius 1 is 1.22 bits per heavy atom. The molecule has 0 saturated carbocycles. The monoisotopic (exact) mass is 245 g/mol. The highest BCUT2D eigenvalue weighted by Gasteiger charge is 2.19. The van der Waals surface area contributed by atoms with Crippen LogP contribution in [-0.2, 0) is 0 Å². The maximum Gasteiger partial charge on any atom is 0.131 e. The van der Waals surface area contributed by atoms with Crippen LogP contribution >= 0.6 is 0 Å². The lowest BCUT2D eigenvalue weighted by atomic mass is 9.98. The third-order valence-corrected chi connectivity index (χ3v) is 4.19. The van der Waals surface area contributed by atoms with Crippen LogP contribution < -0.4 is 10.2 Å². The summed E-state index contributed by atoms with van der Waals surface area (Å²) >= 11 is 0. The molecule has 1 N–H and O–H groups in total. The van der Waals surface area contributed by atoms with Gasteiger partial charge in [-0.15, -0.1) is 0 Å². The number of aryl methyl sites for hydroxylation is 1. The minimum Gasteiger partial charge on any atom is -0.356 e. The van der Waals surface area contributed by atoms with E-state index in [1.54, 1.807) is 0 Å². The van der Waals surface area contributed by atoms with Gasteiger partial charge in [-0.2, -0.15) is 0 Å². The molecule has 3 heteroatoms. The number of anilines is 1. The van der Waals surface area contributed by atoms with Crippen LogP contribution in [0.4, 0.5) is 5.82 Å². The molecule has 0 aliphatic carbocycles. The first kappa shape index (κ1) is 12.0. The highest BCUT2D eigenvalue weighted by atomic mass is 15.2. The Kier molecular flexibility index (Phi) is 3.50. The molecule has 0 amide bonds. The van der Waals surface area contributed by atoms with Gasteiger partial charge in [0.1, 0.15) is 5.82 Å². The fraction of sp³-hybridized carbons (Fsp3) is 0.667. The normalized spacial score (nSPS) is 24.5. The summed E-state index contributed by atoms with van der Waals surface area (Å²) in [6, 6.07) is 2.86. The molecule has 2 aliphatic rings. The molecule has 0 spiro atoms. The zero-order valence-electron chi connectivity index (χ0n) is 11.3. The van der Waals surface area contributed by atoms with E-state index in [-0.39, 0.29) is 0 Å². The lowest BCUT2D eigenvalue weighted by molar-refractivity contribution is 0.411. The van der Waals surface area contributed by atoms with Crippen LogP contribution in [0.1, 0.15) is 49.3 Å². The lowest BCUT2D eigenvalue weighted by Gasteiger charge is -2.25. The van der Waals surface area contributed by atoms with Gasteiger partial charge in [-0.1, -0.05) is 6.42 Å². The van der Waals surface area contributed by atoms with Gasteiger partial charge < -0.3 is 10.2 Å². The summed E-state index contributed by atoms with van der Waals surface area (Å²) < 4.78 is 0. The second-order valence-electron chi connectivity index (χ2n) is 5.61. The predicted molar refractivity (Wildman–Crippen MR) is 75.0 cm³/mol. The first-order valence-corrected chi connectivity index (χ1v) is 7.29. The molecule has 3 rings (SSSR count). The second kappa shape index (κ2) is 5.27. The summed E-state index contributed by atoms with van der Waals surface area (Å²) in [6.45, 7) is 5.70. The molecular weight excluding hydrogens is 222 g/mol. The highest BCUT2D eigenvalue weighted by Crippen LogP contribution is 2.27. The van der Waals surface area contributed by atoms with Crippen molar-refractivity contribution in [1.82, 2.24) is 10.3 Å².